The first-order valence-corrected chi connectivity index (χ1v) is 6.53. The number of benzene rings is 2. The van der Waals surface area contributed by atoms with E-state index in [9.17, 15) is 8.78 Å². The van der Waals surface area contributed by atoms with Gasteiger partial charge < -0.3 is 10.6 Å². The molecule has 0 heterocycles. The lowest BCUT2D eigenvalue weighted by Crippen LogP contribution is -2.15. The Hall–Kier alpha value is -1.95. The molecule has 0 spiro atoms. The highest BCUT2D eigenvalue weighted by molar-refractivity contribution is 9.10. The average Bonchev–Trinajstić information content (AvgIpc) is 2.41. The van der Waals surface area contributed by atoms with Gasteiger partial charge in [0.25, 0.3) is 0 Å². The van der Waals surface area contributed by atoms with Crippen molar-refractivity contribution >= 4 is 33.1 Å². The van der Waals surface area contributed by atoms with Crippen LogP contribution >= 0.6 is 15.9 Å². The molecule has 20 heavy (non-hydrogen) atoms. The Morgan fingerprint density at radius 1 is 1.15 bits per heavy atom. The van der Waals surface area contributed by atoms with E-state index in [1.165, 1.54) is 18.2 Å². The van der Waals surface area contributed by atoms with E-state index in [-0.39, 0.29) is 16.1 Å². The summed E-state index contributed by atoms with van der Waals surface area (Å²) in [5, 5.41) is 7.36. The highest BCUT2D eigenvalue weighted by Gasteiger charge is 2.16. The van der Waals surface area contributed by atoms with Gasteiger partial charge in [-0.05, 0) is 52.3 Å². The number of hydrogen-bond acceptors (Lipinski definition) is 2. The molecule has 0 aromatic heterocycles. The Bertz CT molecular complexity index is 656. The van der Waals surface area contributed by atoms with E-state index >= 15 is 0 Å². The lowest BCUT2D eigenvalue weighted by molar-refractivity contribution is 0.620. The number of nitrogens with one attached hydrogen (secondary N) is 1. The van der Waals surface area contributed by atoms with Crippen molar-refractivity contribution in [3.05, 3.63) is 58.1 Å². The quantitative estimate of drug-likeness (QED) is 0.660. The van der Waals surface area contributed by atoms with Crippen LogP contribution in [0.5, 0.6) is 0 Å². The molecule has 0 aliphatic heterocycles. The summed E-state index contributed by atoms with van der Waals surface area (Å²) in [6.45, 7) is 0. The molecular formula is C14H12BrF2N3. The Labute approximate surface area is 123 Å². The van der Waals surface area contributed by atoms with Crippen LogP contribution in [-0.2, 0) is 0 Å². The van der Waals surface area contributed by atoms with Gasteiger partial charge in [0, 0.05) is 18.3 Å². The summed E-state index contributed by atoms with van der Waals surface area (Å²) in [6, 6.07) is 8.82. The van der Waals surface area contributed by atoms with Gasteiger partial charge >= 0.3 is 0 Å². The van der Waals surface area contributed by atoms with Crippen molar-refractivity contribution < 1.29 is 8.78 Å². The zero-order valence-corrected chi connectivity index (χ0v) is 12.2. The molecule has 0 radical (unpaired) electrons. The van der Waals surface area contributed by atoms with Gasteiger partial charge in [0.15, 0.2) is 5.82 Å². The van der Waals surface area contributed by atoms with E-state index < -0.39 is 5.82 Å². The number of nitrogen functional groups attached to an aromatic ring is 1. The van der Waals surface area contributed by atoms with Crippen LogP contribution in [0.4, 0.5) is 20.2 Å². The van der Waals surface area contributed by atoms with Crippen LogP contribution in [0, 0.1) is 17.0 Å². The fraction of sp³-hybridized carbons (Fsp3) is 0.0714. The van der Waals surface area contributed by atoms with Crippen LogP contribution in [-0.4, -0.2) is 12.9 Å². The standard InChI is InChI=1S/C14H12BrF2N3/c1-20(9-4-2-8(16)3-5-9)11-7-6-10(14(18)19)12(15)13(11)17/h2-7H,1H3,(H3,18,19). The molecule has 0 saturated carbocycles. The van der Waals surface area contributed by atoms with Crippen molar-refractivity contribution in [2.45, 2.75) is 0 Å². The van der Waals surface area contributed by atoms with E-state index in [1.54, 1.807) is 30.1 Å². The molecule has 0 aliphatic rings. The first-order chi connectivity index (χ1) is 9.41. The van der Waals surface area contributed by atoms with Gasteiger partial charge in [-0.1, -0.05) is 0 Å². The third-order valence-electron chi connectivity index (χ3n) is 2.93. The lowest BCUT2D eigenvalue weighted by atomic mass is 10.1. The molecule has 6 heteroatoms. The fourth-order valence-electron chi connectivity index (χ4n) is 1.81. The Kier molecular flexibility index (Phi) is 4.04. The van der Waals surface area contributed by atoms with Crippen LogP contribution in [0.2, 0.25) is 0 Å². The fourth-order valence-corrected chi connectivity index (χ4v) is 2.36. The van der Waals surface area contributed by atoms with Crippen LogP contribution in [0.15, 0.2) is 40.9 Å². The molecule has 2 aromatic carbocycles. The van der Waals surface area contributed by atoms with E-state index in [1.807, 2.05) is 0 Å². The summed E-state index contributed by atoms with van der Waals surface area (Å²) in [4.78, 5) is 1.59. The minimum atomic E-state index is -0.524. The van der Waals surface area contributed by atoms with E-state index in [4.69, 9.17) is 11.1 Å². The number of hydrogen-bond donors (Lipinski definition) is 2. The van der Waals surface area contributed by atoms with Crippen molar-refractivity contribution in [1.29, 1.82) is 5.41 Å². The largest absolute Gasteiger partial charge is 0.384 e. The Balaban J connectivity index is 2.45. The third-order valence-corrected chi connectivity index (χ3v) is 3.70. The highest BCUT2D eigenvalue weighted by atomic mass is 79.9. The minimum Gasteiger partial charge on any atom is -0.384 e. The number of amidine groups is 1. The molecule has 0 atom stereocenters. The smallest absolute Gasteiger partial charge is 0.161 e. The van der Waals surface area contributed by atoms with Crippen LogP contribution < -0.4 is 10.6 Å². The molecule has 2 rings (SSSR count). The Morgan fingerprint density at radius 3 is 2.30 bits per heavy atom. The van der Waals surface area contributed by atoms with Crippen LogP contribution in [0.25, 0.3) is 0 Å². The Morgan fingerprint density at radius 2 is 1.75 bits per heavy atom. The zero-order chi connectivity index (χ0) is 14.9. The summed E-state index contributed by atoms with van der Waals surface area (Å²) >= 11 is 3.10. The van der Waals surface area contributed by atoms with Gasteiger partial charge in [-0.3, -0.25) is 5.41 Å². The van der Waals surface area contributed by atoms with Gasteiger partial charge in [0.2, 0.25) is 0 Å². The number of halogens is 3. The van der Waals surface area contributed by atoms with Gasteiger partial charge in [-0.15, -0.1) is 0 Å². The predicted molar refractivity (Wildman–Crippen MR) is 79.6 cm³/mol. The first kappa shape index (κ1) is 14.5. The summed E-state index contributed by atoms with van der Waals surface area (Å²) in [7, 11) is 1.67. The van der Waals surface area contributed by atoms with Crippen LogP contribution in [0.3, 0.4) is 0 Å². The van der Waals surface area contributed by atoms with Crippen molar-refractivity contribution in [2.75, 3.05) is 11.9 Å². The maximum Gasteiger partial charge on any atom is 0.161 e. The first-order valence-electron chi connectivity index (χ1n) is 5.73. The van der Waals surface area contributed by atoms with Crippen molar-refractivity contribution in [1.82, 2.24) is 0 Å². The summed E-state index contributed by atoms with van der Waals surface area (Å²) < 4.78 is 27.4. The molecule has 0 unspecified atom stereocenters. The molecular weight excluding hydrogens is 328 g/mol. The molecule has 3 nitrogen and oxygen atoms in total. The summed E-state index contributed by atoms with van der Waals surface area (Å²) in [6.07, 6.45) is 0. The second kappa shape index (κ2) is 5.58. The summed E-state index contributed by atoms with van der Waals surface area (Å²) in [5.74, 6) is -1.09. The van der Waals surface area contributed by atoms with Crippen molar-refractivity contribution in [2.24, 2.45) is 5.73 Å². The van der Waals surface area contributed by atoms with Gasteiger partial charge in [-0.25, -0.2) is 8.78 Å². The predicted octanol–water partition coefficient (Wildman–Crippen LogP) is 3.78. The molecule has 0 amide bonds. The van der Waals surface area contributed by atoms with Gasteiger partial charge in [0.05, 0.1) is 10.2 Å². The highest BCUT2D eigenvalue weighted by Crippen LogP contribution is 2.32. The van der Waals surface area contributed by atoms with E-state index in [0.717, 1.165) is 0 Å². The third kappa shape index (κ3) is 2.65. The number of nitrogens with zero attached hydrogens (tertiary/aromatic N) is 1. The maximum absolute atomic E-state index is 14.3. The molecule has 0 aliphatic carbocycles. The topological polar surface area (TPSA) is 53.1 Å². The van der Waals surface area contributed by atoms with Crippen molar-refractivity contribution in [3.63, 3.8) is 0 Å². The summed E-state index contributed by atoms with van der Waals surface area (Å²) in [5.41, 5.74) is 6.60. The molecule has 104 valence electrons. The van der Waals surface area contributed by atoms with E-state index in [2.05, 4.69) is 15.9 Å². The van der Waals surface area contributed by atoms with Crippen LogP contribution in [0.1, 0.15) is 5.56 Å². The lowest BCUT2D eigenvalue weighted by Gasteiger charge is -2.21. The molecule has 0 fully saturated rings. The van der Waals surface area contributed by atoms with Gasteiger partial charge in [0.1, 0.15) is 11.7 Å². The number of rotatable bonds is 3. The SMILES string of the molecule is CN(c1ccc(F)cc1)c1ccc(C(=N)N)c(Br)c1F. The molecule has 3 N–H and O–H groups in total. The maximum atomic E-state index is 14.3. The normalized spacial score (nSPS) is 10.4. The number of nitrogens with two attached hydrogens (primary N) is 1. The second-order valence-corrected chi connectivity index (χ2v) is 5.00. The molecule has 0 bridgehead atoms. The zero-order valence-electron chi connectivity index (χ0n) is 10.6. The second-order valence-electron chi connectivity index (χ2n) is 4.21. The number of anilines is 2. The molecule has 2 aromatic rings. The van der Waals surface area contributed by atoms with Gasteiger partial charge in [-0.2, -0.15) is 0 Å². The monoisotopic (exact) mass is 339 g/mol. The molecule has 0 saturated heterocycles. The van der Waals surface area contributed by atoms with E-state index in [0.29, 0.717) is 16.9 Å². The minimum absolute atomic E-state index is 0.136. The van der Waals surface area contributed by atoms with Crippen molar-refractivity contribution in [3.8, 4) is 0 Å². The average molecular weight is 340 g/mol.